The molecule has 0 aliphatic heterocycles. The van der Waals surface area contributed by atoms with E-state index < -0.39 is 5.97 Å². The maximum atomic E-state index is 10.9. The summed E-state index contributed by atoms with van der Waals surface area (Å²) in [6, 6.07) is 10.6. The van der Waals surface area contributed by atoms with Crippen LogP contribution < -0.4 is 0 Å². The van der Waals surface area contributed by atoms with E-state index in [9.17, 15) is 9.90 Å². The van der Waals surface area contributed by atoms with Crippen LogP contribution in [0, 0.1) is 14.4 Å². The number of hydrogen-bond acceptors (Lipinski definition) is 4. The molecule has 0 aliphatic carbocycles. The summed E-state index contributed by atoms with van der Waals surface area (Å²) in [6.07, 6.45) is -0.116. The second kappa shape index (κ2) is 10.3. The molecule has 0 unspecified atom stereocenters. The zero-order valence-corrected chi connectivity index (χ0v) is 17.7. The zero-order chi connectivity index (χ0) is 17.0. The third-order valence-electron chi connectivity index (χ3n) is 3.20. The minimum atomic E-state index is -0.926. The van der Waals surface area contributed by atoms with Crippen molar-refractivity contribution in [2.24, 2.45) is 0 Å². The van der Waals surface area contributed by atoms with Crippen molar-refractivity contribution in [1.82, 2.24) is 15.0 Å². The molecule has 1 heterocycles. The van der Waals surface area contributed by atoms with E-state index in [0.29, 0.717) is 27.8 Å². The molecule has 0 spiro atoms. The molecule has 131 valence electrons. The molecule has 2 N–H and O–H groups in total. The van der Waals surface area contributed by atoms with Crippen LogP contribution in [-0.4, -0.2) is 31.2 Å². The Balaban J connectivity index is 0.00000139. The molecular weight excluding hydrogens is 395 g/mol. The average molecular weight is 417 g/mol. The van der Waals surface area contributed by atoms with Crippen LogP contribution in [-0.2, 0) is 43.9 Å². The van der Waals surface area contributed by atoms with Gasteiger partial charge in [0.1, 0.15) is 22.5 Å². The minimum absolute atomic E-state index is 0. The van der Waals surface area contributed by atoms with Crippen LogP contribution in [0.2, 0.25) is 0 Å². The SMILES string of the molecule is CC.Cc1cc(CC(=O)O)cc(-n2nc3ccccc3n2)c1O.[CH3-].[Y]. The summed E-state index contributed by atoms with van der Waals surface area (Å²) in [5.74, 6) is -0.880. The predicted molar refractivity (Wildman–Crippen MR) is 94.4 cm³/mol. The van der Waals surface area contributed by atoms with Crippen molar-refractivity contribution in [2.45, 2.75) is 27.2 Å². The summed E-state index contributed by atoms with van der Waals surface area (Å²) < 4.78 is 0. The van der Waals surface area contributed by atoms with E-state index in [1.165, 1.54) is 4.80 Å². The number of nitrogens with zero attached hydrogens (tertiary/aromatic N) is 3. The Morgan fingerprint density at radius 1 is 1.12 bits per heavy atom. The molecule has 0 atom stereocenters. The largest absolute Gasteiger partial charge is 0.505 e. The molecule has 1 radical (unpaired) electrons. The number of benzene rings is 2. The smallest absolute Gasteiger partial charge is 0.307 e. The number of rotatable bonds is 3. The van der Waals surface area contributed by atoms with Crippen LogP contribution in [0.1, 0.15) is 25.0 Å². The van der Waals surface area contributed by atoms with Gasteiger partial charge in [-0.1, -0.05) is 32.0 Å². The first-order valence-electron chi connectivity index (χ1n) is 7.41. The molecule has 0 bridgehead atoms. The zero-order valence-electron chi connectivity index (χ0n) is 14.9. The third kappa shape index (κ3) is 5.34. The average Bonchev–Trinajstić information content (AvgIpc) is 2.96. The number of fused-ring (bicyclic) bond motifs is 1. The molecule has 7 heteroatoms. The Kier molecular flexibility index (Phi) is 9.53. The normalized spacial score (nSPS) is 9.40. The van der Waals surface area contributed by atoms with Gasteiger partial charge in [-0.15, -0.1) is 15.0 Å². The van der Waals surface area contributed by atoms with Gasteiger partial charge in [-0.3, -0.25) is 4.79 Å². The van der Waals surface area contributed by atoms with E-state index in [1.807, 2.05) is 38.1 Å². The van der Waals surface area contributed by atoms with Crippen LogP contribution in [0.15, 0.2) is 36.4 Å². The Labute approximate surface area is 172 Å². The quantitative estimate of drug-likeness (QED) is 0.637. The van der Waals surface area contributed by atoms with Crippen molar-refractivity contribution >= 4 is 17.0 Å². The topological polar surface area (TPSA) is 88.2 Å². The number of phenolic OH excluding ortho intramolecular Hbond substituents is 1. The molecular formula is C18H22N3O3Y-. The molecule has 3 aromatic rings. The standard InChI is InChI=1S/C15H13N3O3.C2H6.CH3.Y/c1-9-6-10(8-14(19)20)7-13(15(9)21)18-16-11-4-2-3-5-12(11)17-18;1-2;;/h2-7,21H,8H2,1H3,(H,19,20);1-2H3;1H3;/q;;-1;. The van der Waals surface area contributed by atoms with Gasteiger partial charge in [-0.05, 0) is 36.2 Å². The maximum absolute atomic E-state index is 10.9. The van der Waals surface area contributed by atoms with Crippen molar-refractivity contribution in [3.63, 3.8) is 0 Å². The van der Waals surface area contributed by atoms with E-state index in [1.54, 1.807) is 19.1 Å². The fourth-order valence-electron chi connectivity index (χ4n) is 2.23. The number of aliphatic carboxylic acids is 1. The molecule has 0 fully saturated rings. The Hall–Kier alpha value is -1.79. The summed E-state index contributed by atoms with van der Waals surface area (Å²) in [7, 11) is 0. The number of aromatic nitrogens is 3. The predicted octanol–water partition coefficient (Wildman–Crippen LogP) is 3.54. The number of phenols is 1. The molecule has 2 aromatic carbocycles. The molecule has 0 saturated heterocycles. The monoisotopic (exact) mass is 417 g/mol. The first-order chi connectivity index (χ1) is 11.0. The molecule has 3 rings (SSSR count). The van der Waals surface area contributed by atoms with Crippen LogP contribution in [0.25, 0.3) is 16.7 Å². The van der Waals surface area contributed by atoms with Gasteiger partial charge in [0.05, 0.1) is 6.42 Å². The fraction of sp³-hybridized carbons (Fsp3) is 0.222. The number of carboxylic acid groups (broad SMARTS) is 1. The maximum Gasteiger partial charge on any atom is 0.307 e. The summed E-state index contributed by atoms with van der Waals surface area (Å²) in [6.45, 7) is 5.72. The number of carbonyl (C=O) groups is 1. The molecule has 0 aliphatic rings. The first kappa shape index (κ1) is 23.2. The molecule has 6 nitrogen and oxygen atoms in total. The van der Waals surface area contributed by atoms with Crippen LogP contribution in [0.4, 0.5) is 0 Å². The summed E-state index contributed by atoms with van der Waals surface area (Å²) in [5.41, 5.74) is 2.97. The van der Waals surface area contributed by atoms with Gasteiger partial charge < -0.3 is 17.6 Å². The van der Waals surface area contributed by atoms with Gasteiger partial charge in [0.2, 0.25) is 0 Å². The minimum Gasteiger partial charge on any atom is -0.505 e. The Bertz CT molecular complexity index is 814. The summed E-state index contributed by atoms with van der Waals surface area (Å²) >= 11 is 0. The molecule has 1 aromatic heterocycles. The molecule has 0 saturated carbocycles. The van der Waals surface area contributed by atoms with Crippen molar-refractivity contribution < 1.29 is 47.7 Å². The summed E-state index contributed by atoms with van der Waals surface area (Å²) in [4.78, 5) is 12.2. The van der Waals surface area contributed by atoms with Gasteiger partial charge in [-0.2, -0.15) is 0 Å². The summed E-state index contributed by atoms with van der Waals surface area (Å²) in [5, 5.41) is 27.7. The number of aromatic hydroxyl groups is 1. The number of aryl methyl sites for hydroxylation is 1. The van der Waals surface area contributed by atoms with Crippen molar-refractivity contribution in [3.8, 4) is 11.4 Å². The van der Waals surface area contributed by atoms with E-state index in [0.717, 1.165) is 0 Å². The third-order valence-corrected chi connectivity index (χ3v) is 3.20. The Morgan fingerprint density at radius 3 is 2.12 bits per heavy atom. The number of hydrogen-bond donors (Lipinski definition) is 2. The van der Waals surface area contributed by atoms with E-state index in [4.69, 9.17) is 5.11 Å². The molecule has 0 amide bonds. The van der Waals surface area contributed by atoms with E-state index in [2.05, 4.69) is 10.2 Å². The van der Waals surface area contributed by atoms with Crippen LogP contribution in [0.5, 0.6) is 5.75 Å². The van der Waals surface area contributed by atoms with Crippen LogP contribution in [0.3, 0.4) is 0 Å². The Morgan fingerprint density at radius 2 is 1.64 bits per heavy atom. The van der Waals surface area contributed by atoms with Crippen molar-refractivity contribution in [2.75, 3.05) is 0 Å². The van der Waals surface area contributed by atoms with Gasteiger partial charge >= 0.3 is 5.97 Å². The van der Waals surface area contributed by atoms with Gasteiger partial charge in [0, 0.05) is 32.7 Å². The second-order valence-corrected chi connectivity index (χ2v) is 4.83. The van der Waals surface area contributed by atoms with Gasteiger partial charge in [-0.25, -0.2) is 0 Å². The second-order valence-electron chi connectivity index (χ2n) is 4.83. The van der Waals surface area contributed by atoms with E-state index in [-0.39, 0.29) is 52.3 Å². The fourth-order valence-corrected chi connectivity index (χ4v) is 2.23. The van der Waals surface area contributed by atoms with Gasteiger partial charge in [0.25, 0.3) is 0 Å². The van der Waals surface area contributed by atoms with Crippen LogP contribution >= 0.6 is 0 Å². The van der Waals surface area contributed by atoms with E-state index >= 15 is 0 Å². The van der Waals surface area contributed by atoms with Crippen molar-refractivity contribution in [1.29, 1.82) is 0 Å². The first-order valence-corrected chi connectivity index (χ1v) is 7.41. The number of carboxylic acids is 1. The van der Waals surface area contributed by atoms with Gasteiger partial charge in [0.15, 0.2) is 0 Å². The van der Waals surface area contributed by atoms with Crippen molar-refractivity contribution in [3.05, 3.63) is 55.0 Å². The molecule has 25 heavy (non-hydrogen) atoms.